The number of alkyl halides is 3. The maximum atomic E-state index is 12.5. The molecule has 0 aliphatic carbocycles. The zero-order chi connectivity index (χ0) is 13.7. The van der Waals surface area contributed by atoms with Crippen LogP contribution >= 0.6 is 0 Å². The minimum atomic E-state index is -5.34. The molecule has 0 heterocycles. The van der Waals surface area contributed by atoms with Gasteiger partial charge >= 0.3 is 17.9 Å². The molecule has 0 spiro atoms. The van der Waals surface area contributed by atoms with Crippen molar-refractivity contribution in [2.24, 2.45) is 0 Å². The number of aliphatic hydroxyl groups is 1. The molecule has 0 bridgehead atoms. The number of amides is 1. The molecule has 0 aromatic rings. The summed E-state index contributed by atoms with van der Waals surface area (Å²) in [5, 5.41) is 10.4. The summed E-state index contributed by atoms with van der Waals surface area (Å²) in [7, 11) is 0. The van der Waals surface area contributed by atoms with E-state index in [-0.39, 0.29) is 19.4 Å². The van der Waals surface area contributed by atoms with Gasteiger partial charge in [-0.3, -0.25) is 4.79 Å². The van der Waals surface area contributed by atoms with E-state index in [9.17, 15) is 27.9 Å². The smallest absolute Gasteiger partial charge is 0.448 e. The highest BCUT2D eigenvalue weighted by atomic mass is 19.4. The van der Waals surface area contributed by atoms with E-state index >= 15 is 0 Å². The number of halogens is 3. The Morgan fingerprint density at radius 2 is 1.82 bits per heavy atom. The van der Waals surface area contributed by atoms with Crippen LogP contribution in [0.3, 0.4) is 0 Å². The first-order valence-corrected chi connectivity index (χ1v) is 4.96. The van der Waals surface area contributed by atoms with Crippen LogP contribution in [0, 0.1) is 0 Å². The van der Waals surface area contributed by atoms with Gasteiger partial charge in [0.25, 0.3) is 0 Å². The average molecular weight is 257 g/mol. The fourth-order valence-corrected chi connectivity index (χ4v) is 0.964. The van der Waals surface area contributed by atoms with Gasteiger partial charge in [-0.15, -0.1) is 0 Å². The first kappa shape index (κ1) is 15.7. The van der Waals surface area contributed by atoms with Crippen molar-refractivity contribution in [1.82, 2.24) is 5.32 Å². The fraction of sp³-hybridized carbons (Fsp3) is 0.778. The van der Waals surface area contributed by atoms with Gasteiger partial charge in [0.05, 0.1) is 6.61 Å². The third kappa shape index (κ3) is 3.88. The Kier molecular flexibility index (Phi) is 5.40. The Bertz CT molecular complexity index is 292. The highest BCUT2D eigenvalue weighted by Gasteiger charge is 2.62. The predicted octanol–water partition coefficient (Wildman–Crippen LogP) is 0.717. The third-order valence-corrected chi connectivity index (χ3v) is 1.78. The molecule has 0 aromatic heterocycles. The van der Waals surface area contributed by atoms with Gasteiger partial charge in [0.1, 0.15) is 0 Å². The van der Waals surface area contributed by atoms with Gasteiger partial charge in [-0.2, -0.15) is 13.2 Å². The predicted molar refractivity (Wildman–Crippen MR) is 50.7 cm³/mol. The topological polar surface area (TPSA) is 75.6 Å². The quantitative estimate of drug-likeness (QED) is 0.562. The molecule has 0 saturated carbocycles. The van der Waals surface area contributed by atoms with Crippen LogP contribution in [0.25, 0.3) is 0 Å². The van der Waals surface area contributed by atoms with Crippen LogP contribution < -0.4 is 5.32 Å². The molecule has 0 unspecified atom stereocenters. The van der Waals surface area contributed by atoms with Crippen LogP contribution in [0.2, 0.25) is 0 Å². The average Bonchev–Trinajstić information content (AvgIpc) is 2.16. The van der Waals surface area contributed by atoms with Crippen LogP contribution in [-0.2, 0) is 14.3 Å². The second-order valence-corrected chi connectivity index (χ2v) is 3.23. The number of ether oxygens (including phenoxy) is 1. The molecule has 0 aliphatic rings. The van der Waals surface area contributed by atoms with Crippen LogP contribution in [0.15, 0.2) is 0 Å². The number of carbonyl (C=O) groups excluding carboxylic acids is 2. The van der Waals surface area contributed by atoms with Crippen molar-refractivity contribution in [2.75, 3.05) is 6.61 Å². The van der Waals surface area contributed by atoms with Gasteiger partial charge in [0.15, 0.2) is 0 Å². The molecule has 0 radical (unpaired) electrons. The molecule has 100 valence electrons. The molecule has 8 heteroatoms. The van der Waals surface area contributed by atoms with Crippen LogP contribution in [-0.4, -0.2) is 35.5 Å². The van der Waals surface area contributed by atoms with Crippen molar-refractivity contribution in [3.63, 3.8) is 0 Å². The number of rotatable bonds is 5. The van der Waals surface area contributed by atoms with Gasteiger partial charge in [0.2, 0.25) is 5.91 Å². The molecule has 5 nitrogen and oxygen atoms in total. The second-order valence-electron chi connectivity index (χ2n) is 3.23. The first-order chi connectivity index (χ1) is 7.69. The van der Waals surface area contributed by atoms with Crippen molar-refractivity contribution in [3.8, 4) is 0 Å². The van der Waals surface area contributed by atoms with Crippen LogP contribution in [0.4, 0.5) is 13.2 Å². The van der Waals surface area contributed by atoms with E-state index in [2.05, 4.69) is 4.74 Å². The third-order valence-electron chi connectivity index (χ3n) is 1.78. The molecule has 0 aliphatic heterocycles. The summed E-state index contributed by atoms with van der Waals surface area (Å²) in [6, 6.07) is 0. The van der Waals surface area contributed by atoms with Crippen molar-refractivity contribution in [1.29, 1.82) is 0 Å². The van der Waals surface area contributed by atoms with Gasteiger partial charge < -0.3 is 15.2 Å². The lowest BCUT2D eigenvalue weighted by Crippen LogP contribution is -2.64. The Morgan fingerprint density at radius 1 is 1.29 bits per heavy atom. The minimum absolute atomic E-state index is 0.238. The fourth-order valence-electron chi connectivity index (χ4n) is 0.964. The molecule has 0 rings (SSSR count). The van der Waals surface area contributed by atoms with Crippen molar-refractivity contribution < 1.29 is 32.6 Å². The summed E-state index contributed by atoms with van der Waals surface area (Å²) in [6.07, 6.45) is -5.30. The van der Waals surface area contributed by atoms with Gasteiger partial charge in [0, 0.05) is 6.42 Å². The molecule has 0 saturated heterocycles. The Hall–Kier alpha value is -1.31. The number of carbonyl (C=O) groups is 2. The zero-order valence-electron chi connectivity index (χ0n) is 9.43. The van der Waals surface area contributed by atoms with E-state index in [1.54, 1.807) is 6.92 Å². The van der Waals surface area contributed by atoms with E-state index < -0.39 is 23.8 Å². The van der Waals surface area contributed by atoms with Gasteiger partial charge in [-0.1, -0.05) is 6.92 Å². The first-order valence-electron chi connectivity index (χ1n) is 4.96. The summed E-state index contributed by atoms with van der Waals surface area (Å²) >= 11 is 0. The monoisotopic (exact) mass is 257 g/mol. The molecule has 17 heavy (non-hydrogen) atoms. The summed E-state index contributed by atoms with van der Waals surface area (Å²) in [4.78, 5) is 22.1. The lowest BCUT2D eigenvalue weighted by Gasteiger charge is -2.28. The molecule has 1 amide bonds. The van der Waals surface area contributed by atoms with Crippen molar-refractivity contribution >= 4 is 11.9 Å². The van der Waals surface area contributed by atoms with E-state index in [0.717, 1.165) is 0 Å². The Labute approximate surface area is 95.9 Å². The van der Waals surface area contributed by atoms with Gasteiger partial charge in [-0.05, 0) is 13.3 Å². The number of hydrogen-bond acceptors (Lipinski definition) is 4. The Morgan fingerprint density at radius 3 is 2.18 bits per heavy atom. The van der Waals surface area contributed by atoms with E-state index in [4.69, 9.17) is 0 Å². The van der Waals surface area contributed by atoms with Gasteiger partial charge in [-0.25, -0.2) is 4.79 Å². The molecule has 0 fully saturated rings. The van der Waals surface area contributed by atoms with Crippen LogP contribution in [0.1, 0.15) is 26.7 Å². The van der Waals surface area contributed by atoms with E-state index in [1.165, 1.54) is 12.2 Å². The van der Waals surface area contributed by atoms with Crippen LogP contribution in [0.5, 0.6) is 0 Å². The lowest BCUT2D eigenvalue weighted by atomic mass is 10.2. The molecule has 0 aromatic carbocycles. The number of hydrogen-bond donors (Lipinski definition) is 2. The largest absolute Gasteiger partial charge is 0.462 e. The second kappa shape index (κ2) is 5.85. The standard InChI is InChI=1S/C9H14F3NO4/c1-3-5-6(14)13-8(16,9(10,11)12)7(15)17-4-2/h16H,3-5H2,1-2H3,(H,13,14)/t8-/m0/s1. The highest BCUT2D eigenvalue weighted by molar-refractivity contribution is 5.87. The summed E-state index contributed by atoms with van der Waals surface area (Å²) in [5.41, 5.74) is -3.99. The van der Waals surface area contributed by atoms with Crippen molar-refractivity contribution in [3.05, 3.63) is 0 Å². The summed E-state index contributed by atoms with van der Waals surface area (Å²) < 4.78 is 41.6. The maximum absolute atomic E-state index is 12.5. The summed E-state index contributed by atoms with van der Waals surface area (Å²) in [6.45, 7) is 2.50. The SMILES string of the molecule is CCCC(=O)N[C@](O)(C(=O)OCC)C(F)(F)F. The zero-order valence-corrected chi connectivity index (χ0v) is 9.43. The highest BCUT2D eigenvalue weighted by Crippen LogP contribution is 2.29. The molecular weight excluding hydrogens is 243 g/mol. The number of nitrogens with one attached hydrogen (secondary N) is 1. The summed E-state index contributed by atoms with van der Waals surface area (Å²) in [5.74, 6) is -3.03. The normalized spacial score (nSPS) is 14.9. The molecule has 1 atom stereocenters. The minimum Gasteiger partial charge on any atom is -0.462 e. The van der Waals surface area contributed by atoms with E-state index in [0.29, 0.717) is 0 Å². The molecular formula is C9H14F3NO4. The number of esters is 1. The van der Waals surface area contributed by atoms with Crippen molar-refractivity contribution in [2.45, 2.75) is 38.6 Å². The molecule has 2 N–H and O–H groups in total. The maximum Gasteiger partial charge on any atom is 0.448 e. The van der Waals surface area contributed by atoms with E-state index in [1.807, 2.05) is 0 Å². The lowest BCUT2D eigenvalue weighted by molar-refractivity contribution is -0.271. The Balaban J connectivity index is 4.99.